The fourth-order valence-electron chi connectivity index (χ4n) is 2.98. The highest BCUT2D eigenvalue weighted by Gasteiger charge is 2.47. The molecule has 2 aliphatic carbocycles. The van der Waals surface area contributed by atoms with E-state index in [4.69, 9.17) is 18.0 Å². The first kappa shape index (κ1) is 12.8. The third-order valence-corrected chi connectivity index (χ3v) is 4.65. The van der Waals surface area contributed by atoms with E-state index in [9.17, 15) is 4.79 Å². The van der Waals surface area contributed by atoms with E-state index in [-0.39, 0.29) is 5.91 Å². The molecule has 2 atom stereocenters. The molecule has 0 aromatic rings. The summed E-state index contributed by atoms with van der Waals surface area (Å²) >= 11 is 5.11. The van der Waals surface area contributed by atoms with Crippen molar-refractivity contribution < 1.29 is 4.79 Å². The van der Waals surface area contributed by atoms with E-state index >= 15 is 0 Å². The number of thiocarbonyl (C=S) groups is 1. The third kappa shape index (κ3) is 2.46. The normalized spacial score (nSPS) is 29.9. The lowest BCUT2D eigenvalue weighted by atomic mass is 9.85. The van der Waals surface area contributed by atoms with E-state index in [2.05, 4.69) is 12.2 Å². The summed E-state index contributed by atoms with van der Waals surface area (Å²) in [6.45, 7) is 2.19. The summed E-state index contributed by atoms with van der Waals surface area (Å²) in [5.74, 6) is 0.778. The van der Waals surface area contributed by atoms with Gasteiger partial charge in [0.2, 0.25) is 5.91 Å². The number of carbonyl (C=O) groups excluding carboxylic acids is 1. The average Bonchev–Trinajstić information content (AvgIpc) is 2.83. The van der Waals surface area contributed by atoms with Crippen molar-refractivity contribution in [2.45, 2.75) is 57.9 Å². The van der Waals surface area contributed by atoms with Crippen molar-refractivity contribution in [1.82, 2.24) is 5.32 Å². The molecule has 0 bridgehead atoms. The molecule has 4 heteroatoms. The van der Waals surface area contributed by atoms with Crippen LogP contribution >= 0.6 is 12.2 Å². The Balaban J connectivity index is 1.92. The summed E-state index contributed by atoms with van der Waals surface area (Å²) in [7, 11) is 0. The van der Waals surface area contributed by atoms with Gasteiger partial charge in [0.1, 0.15) is 0 Å². The van der Waals surface area contributed by atoms with E-state index < -0.39 is 5.41 Å². The predicted octanol–water partition coefficient (Wildman–Crippen LogP) is 2.14. The van der Waals surface area contributed by atoms with Gasteiger partial charge in [0.25, 0.3) is 0 Å². The Morgan fingerprint density at radius 3 is 2.65 bits per heavy atom. The molecule has 2 fully saturated rings. The van der Waals surface area contributed by atoms with Crippen LogP contribution in [0, 0.1) is 11.3 Å². The summed E-state index contributed by atoms with van der Waals surface area (Å²) in [6.07, 6.45) is 7.33. The standard InChI is InChI=1S/C13H22N2OS/c1-2-5-9-8-10(9)15-12(16)13(11(14)17)6-3-4-7-13/h9-10H,2-8H2,1H3,(H2,14,17)(H,15,16). The SMILES string of the molecule is CCCC1CC1NC(=O)C1(C(N)=S)CCCC1. The Bertz CT molecular complexity index is 323. The van der Waals surface area contributed by atoms with E-state index in [0.717, 1.165) is 32.1 Å². The first-order valence-electron chi connectivity index (χ1n) is 6.71. The smallest absolute Gasteiger partial charge is 0.233 e. The lowest BCUT2D eigenvalue weighted by molar-refractivity contribution is -0.127. The molecular weight excluding hydrogens is 232 g/mol. The minimum atomic E-state index is -0.533. The quantitative estimate of drug-likeness (QED) is 0.739. The number of hydrogen-bond donors (Lipinski definition) is 2. The summed E-state index contributed by atoms with van der Waals surface area (Å²) in [5.41, 5.74) is 5.26. The van der Waals surface area contributed by atoms with Gasteiger partial charge in [0.05, 0.1) is 10.4 Å². The van der Waals surface area contributed by atoms with Crippen LogP contribution in [0.4, 0.5) is 0 Å². The highest BCUT2D eigenvalue weighted by Crippen LogP contribution is 2.41. The fraction of sp³-hybridized carbons (Fsp3) is 0.846. The molecule has 2 unspecified atom stereocenters. The zero-order chi connectivity index (χ0) is 12.5. The zero-order valence-corrected chi connectivity index (χ0v) is 11.3. The predicted molar refractivity (Wildman–Crippen MR) is 72.6 cm³/mol. The van der Waals surface area contributed by atoms with Crippen LogP contribution in [-0.4, -0.2) is 16.9 Å². The van der Waals surface area contributed by atoms with Crippen LogP contribution in [0.5, 0.6) is 0 Å². The minimum Gasteiger partial charge on any atom is -0.392 e. The second-order valence-electron chi connectivity index (χ2n) is 5.52. The van der Waals surface area contributed by atoms with Gasteiger partial charge < -0.3 is 11.1 Å². The number of nitrogens with one attached hydrogen (secondary N) is 1. The Hall–Kier alpha value is -0.640. The van der Waals surface area contributed by atoms with Crippen molar-refractivity contribution in [3.8, 4) is 0 Å². The Morgan fingerprint density at radius 1 is 1.47 bits per heavy atom. The molecule has 0 heterocycles. The molecule has 1 amide bonds. The molecule has 96 valence electrons. The van der Waals surface area contributed by atoms with Crippen molar-refractivity contribution >= 4 is 23.1 Å². The van der Waals surface area contributed by atoms with Gasteiger partial charge in [-0.05, 0) is 31.6 Å². The second-order valence-corrected chi connectivity index (χ2v) is 5.96. The van der Waals surface area contributed by atoms with Gasteiger partial charge in [0, 0.05) is 6.04 Å². The van der Waals surface area contributed by atoms with Gasteiger partial charge in [-0.15, -0.1) is 0 Å². The molecule has 2 rings (SSSR count). The molecule has 17 heavy (non-hydrogen) atoms. The number of amides is 1. The van der Waals surface area contributed by atoms with Crippen molar-refractivity contribution in [2.75, 3.05) is 0 Å². The summed E-state index contributed by atoms with van der Waals surface area (Å²) < 4.78 is 0. The van der Waals surface area contributed by atoms with E-state index in [1.807, 2.05) is 0 Å². The monoisotopic (exact) mass is 254 g/mol. The highest BCUT2D eigenvalue weighted by atomic mass is 32.1. The second kappa shape index (κ2) is 4.92. The highest BCUT2D eigenvalue weighted by molar-refractivity contribution is 7.80. The van der Waals surface area contributed by atoms with Crippen LogP contribution in [0.15, 0.2) is 0 Å². The van der Waals surface area contributed by atoms with Crippen molar-refractivity contribution in [3.63, 3.8) is 0 Å². The molecule has 0 aliphatic heterocycles. The molecule has 0 aromatic heterocycles. The number of carbonyl (C=O) groups is 1. The average molecular weight is 254 g/mol. The minimum absolute atomic E-state index is 0.0890. The molecule has 0 spiro atoms. The maximum atomic E-state index is 12.3. The molecule has 2 saturated carbocycles. The van der Waals surface area contributed by atoms with Crippen molar-refractivity contribution in [1.29, 1.82) is 0 Å². The van der Waals surface area contributed by atoms with Gasteiger partial charge in [0.15, 0.2) is 0 Å². The van der Waals surface area contributed by atoms with Crippen LogP contribution in [0.2, 0.25) is 0 Å². The first-order chi connectivity index (χ1) is 8.10. The summed E-state index contributed by atoms with van der Waals surface area (Å²) in [6, 6.07) is 0.384. The van der Waals surface area contributed by atoms with Crippen LogP contribution < -0.4 is 11.1 Å². The van der Waals surface area contributed by atoms with E-state index in [0.29, 0.717) is 16.9 Å². The zero-order valence-electron chi connectivity index (χ0n) is 10.5. The van der Waals surface area contributed by atoms with Crippen LogP contribution in [0.3, 0.4) is 0 Å². The molecule has 3 N–H and O–H groups in total. The van der Waals surface area contributed by atoms with Gasteiger partial charge in [-0.1, -0.05) is 38.4 Å². The third-order valence-electron chi connectivity index (χ3n) is 4.26. The van der Waals surface area contributed by atoms with Gasteiger partial charge >= 0.3 is 0 Å². The first-order valence-corrected chi connectivity index (χ1v) is 7.12. The Labute approximate surface area is 109 Å². The lowest BCUT2D eigenvalue weighted by Crippen LogP contribution is -2.48. The maximum absolute atomic E-state index is 12.3. The van der Waals surface area contributed by atoms with E-state index in [1.165, 1.54) is 12.8 Å². The molecule has 0 aromatic carbocycles. The molecule has 0 radical (unpaired) electrons. The van der Waals surface area contributed by atoms with Crippen molar-refractivity contribution in [3.05, 3.63) is 0 Å². The summed E-state index contributed by atoms with van der Waals surface area (Å²) in [4.78, 5) is 12.7. The van der Waals surface area contributed by atoms with Crippen LogP contribution in [-0.2, 0) is 4.79 Å². The summed E-state index contributed by atoms with van der Waals surface area (Å²) in [5, 5.41) is 3.15. The molecular formula is C13H22N2OS. The number of nitrogens with two attached hydrogens (primary N) is 1. The van der Waals surface area contributed by atoms with Gasteiger partial charge in [-0.25, -0.2) is 0 Å². The Kier molecular flexibility index (Phi) is 3.71. The van der Waals surface area contributed by atoms with Crippen LogP contribution in [0.25, 0.3) is 0 Å². The Morgan fingerprint density at radius 2 is 2.12 bits per heavy atom. The molecule has 2 aliphatic rings. The maximum Gasteiger partial charge on any atom is 0.233 e. The van der Waals surface area contributed by atoms with Crippen LogP contribution in [0.1, 0.15) is 51.9 Å². The largest absolute Gasteiger partial charge is 0.392 e. The molecule has 0 saturated heterocycles. The van der Waals surface area contributed by atoms with E-state index in [1.54, 1.807) is 0 Å². The number of rotatable bonds is 5. The number of hydrogen-bond acceptors (Lipinski definition) is 2. The van der Waals surface area contributed by atoms with Crippen molar-refractivity contribution in [2.24, 2.45) is 17.1 Å². The van der Waals surface area contributed by atoms with Gasteiger partial charge in [-0.2, -0.15) is 0 Å². The topological polar surface area (TPSA) is 55.1 Å². The lowest BCUT2D eigenvalue weighted by Gasteiger charge is -2.26. The van der Waals surface area contributed by atoms with Gasteiger partial charge in [-0.3, -0.25) is 4.79 Å². The fourth-order valence-corrected chi connectivity index (χ4v) is 3.28. The molecule has 3 nitrogen and oxygen atoms in total.